The number of nitrogens with zero attached hydrogens (tertiary/aromatic N) is 3. The van der Waals surface area contributed by atoms with Crippen LogP contribution >= 0.6 is 0 Å². The quantitative estimate of drug-likeness (QED) is 0.188. The molecular weight excluding hydrogens is 598 g/mol. The summed E-state index contributed by atoms with van der Waals surface area (Å²) in [5.41, 5.74) is 6.80. The molecule has 0 spiro atoms. The van der Waals surface area contributed by atoms with Crippen LogP contribution in [0.15, 0.2) is 115 Å². The van der Waals surface area contributed by atoms with Gasteiger partial charge in [0.1, 0.15) is 5.82 Å². The molecule has 7 rings (SSSR count). The van der Waals surface area contributed by atoms with Crippen molar-refractivity contribution in [1.82, 2.24) is 19.8 Å². The molecule has 0 unspecified atom stereocenters. The van der Waals surface area contributed by atoms with E-state index in [9.17, 15) is 14.4 Å². The molecular formula is C40H39N5O3. The van der Waals surface area contributed by atoms with Crippen molar-refractivity contribution in [3.63, 3.8) is 0 Å². The van der Waals surface area contributed by atoms with Gasteiger partial charge in [0, 0.05) is 25.3 Å². The molecule has 0 bridgehead atoms. The summed E-state index contributed by atoms with van der Waals surface area (Å²) in [4.78, 5) is 50.8. The molecule has 2 N–H and O–H groups in total. The molecule has 1 aromatic heterocycles. The molecule has 48 heavy (non-hydrogen) atoms. The number of aromatic amines is 1. The molecule has 0 saturated carbocycles. The van der Waals surface area contributed by atoms with Gasteiger partial charge in [0.2, 0.25) is 17.7 Å². The Morgan fingerprint density at radius 3 is 1.98 bits per heavy atom. The lowest BCUT2D eigenvalue weighted by molar-refractivity contribution is -0.132. The fourth-order valence-corrected chi connectivity index (χ4v) is 6.79. The maximum absolute atomic E-state index is 13.1. The van der Waals surface area contributed by atoms with Gasteiger partial charge in [-0.3, -0.25) is 14.4 Å². The molecule has 8 heteroatoms. The summed E-state index contributed by atoms with van der Waals surface area (Å²) in [6.45, 7) is 1.80. The number of likely N-dealkylation sites (tertiary alicyclic amines) is 2. The third-order valence-electron chi connectivity index (χ3n) is 9.47. The number of imidazole rings is 1. The zero-order valence-corrected chi connectivity index (χ0v) is 26.8. The van der Waals surface area contributed by atoms with Gasteiger partial charge in [0.05, 0.1) is 36.7 Å². The highest BCUT2D eigenvalue weighted by molar-refractivity contribution is 5.94. The summed E-state index contributed by atoms with van der Waals surface area (Å²) in [6.07, 6.45) is 5.14. The fourth-order valence-electron chi connectivity index (χ4n) is 6.79. The minimum Gasteiger partial charge on any atom is -0.342 e. The summed E-state index contributed by atoms with van der Waals surface area (Å²) in [5, 5.41) is 3.04. The molecule has 2 aliphatic rings. The Morgan fingerprint density at radius 2 is 1.31 bits per heavy atom. The number of carbonyl (C=O) groups excluding carboxylic acids is 3. The minimum atomic E-state index is -0.216. The van der Waals surface area contributed by atoms with E-state index >= 15 is 0 Å². The largest absolute Gasteiger partial charge is 0.342 e. The SMILES string of the molecule is O=C(Nc1ccc(-c2ccc(-c3cnc([C@@H]4CCCN4C(=O)Cc4ccccc4)[nH]3)cc2)cc1)[C@@H]1CCN(C(=O)Cc2ccccc2)C1. The van der Waals surface area contributed by atoms with Crippen molar-refractivity contribution in [2.75, 3.05) is 25.0 Å². The maximum Gasteiger partial charge on any atom is 0.229 e. The number of H-pyrrole nitrogens is 1. The van der Waals surface area contributed by atoms with Crippen molar-refractivity contribution < 1.29 is 14.4 Å². The number of rotatable bonds is 9. The zero-order valence-electron chi connectivity index (χ0n) is 26.8. The van der Waals surface area contributed by atoms with Gasteiger partial charge in [-0.15, -0.1) is 0 Å². The number of aromatic nitrogens is 2. The summed E-state index contributed by atoms with van der Waals surface area (Å²) < 4.78 is 0. The topological polar surface area (TPSA) is 98.4 Å². The Kier molecular flexibility index (Phi) is 9.14. The van der Waals surface area contributed by atoms with Crippen LogP contribution in [0.4, 0.5) is 5.69 Å². The standard InChI is InChI=1S/C40H39N5O3/c46-37(24-28-8-3-1-4-9-28)44-23-21-33(27-44)40(48)42-34-19-17-31(18-20-34)30-13-15-32(16-14-30)35-26-41-39(43-35)36-12-7-22-45(36)38(47)25-29-10-5-2-6-11-29/h1-6,8-11,13-20,26,33,36H,7,12,21-25,27H2,(H,41,43)(H,42,48)/t33-,36+/m1/s1. The molecule has 2 fully saturated rings. The summed E-state index contributed by atoms with van der Waals surface area (Å²) >= 11 is 0. The maximum atomic E-state index is 13.1. The van der Waals surface area contributed by atoms with Crippen LogP contribution < -0.4 is 5.32 Å². The predicted octanol–water partition coefficient (Wildman–Crippen LogP) is 6.68. The number of amides is 3. The van der Waals surface area contributed by atoms with Crippen molar-refractivity contribution in [3.8, 4) is 22.4 Å². The van der Waals surface area contributed by atoms with Crippen LogP contribution in [0.1, 0.15) is 42.3 Å². The Hall–Kier alpha value is -5.50. The van der Waals surface area contributed by atoms with Crippen LogP contribution in [0, 0.1) is 5.92 Å². The monoisotopic (exact) mass is 637 g/mol. The first kappa shape index (κ1) is 31.1. The van der Waals surface area contributed by atoms with E-state index in [0.29, 0.717) is 32.4 Å². The van der Waals surface area contributed by atoms with Crippen molar-refractivity contribution in [3.05, 3.63) is 132 Å². The zero-order chi connectivity index (χ0) is 32.9. The van der Waals surface area contributed by atoms with Crippen molar-refractivity contribution in [1.29, 1.82) is 0 Å². The second-order valence-corrected chi connectivity index (χ2v) is 12.7. The Balaban J connectivity index is 0.931. The average Bonchev–Trinajstić information content (AvgIpc) is 3.91. The lowest BCUT2D eigenvalue weighted by Crippen LogP contribution is -2.32. The van der Waals surface area contributed by atoms with Crippen molar-refractivity contribution in [2.45, 2.75) is 38.1 Å². The molecule has 8 nitrogen and oxygen atoms in total. The van der Waals surface area contributed by atoms with Crippen LogP contribution in [0.3, 0.4) is 0 Å². The van der Waals surface area contributed by atoms with Gasteiger partial charge < -0.3 is 20.1 Å². The van der Waals surface area contributed by atoms with E-state index in [1.807, 2.05) is 96.0 Å². The molecule has 3 amide bonds. The van der Waals surface area contributed by atoms with E-state index in [0.717, 1.165) is 64.4 Å². The van der Waals surface area contributed by atoms with E-state index in [-0.39, 0.29) is 29.7 Å². The third kappa shape index (κ3) is 7.08. The molecule has 2 saturated heterocycles. The molecule has 242 valence electrons. The van der Waals surface area contributed by atoms with Gasteiger partial charge in [0.15, 0.2) is 0 Å². The van der Waals surface area contributed by atoms with Gasteiger partial charge in [-0.2, -0.15) is 0 Å². The third-order valence-corrected chi connectivity index (χ3v) is 9.47. The number of carbonyl (C=O) groups is 3. The Bertz CT molecular complexity index is 1870. The van der Waals surface area contributed by atoms with Crippen LogP contribution in [-0.2, 0) is 27.2 Å². The summed E-state index contributed by atoms with van der Waals surface area (Å²) in [5.74, 6) is 0.752. The normalized spacial score (nSPS) is 17.4. The predicted molar refractivity (Wildman–Crippen MR) is 187 cm³/mol. The number of benzene rings is 4. The van der Waals surface area contributed by atoms with Crippen molar-refractivity contribution >= 4 is 23.4 Å². The highest BCUT2D eigenvalue weighted by Gasteiger charge is 2.32. The van der Waals surface area contributed by atoms with Crippen LogP contribution in [0.25, 0.3) is 22.4 Å². The number of nitrogens with one attached hydrogen (secondary N) is 2. The number of hydrogen-bond acceptors (Lipinski definition) is 4. The molecule has 3 heterocycles. The fraction of sp³-hybridized carbons (Fsp3) is 0.250. The Morgan fingerprint density at radius 1 is 0.708 bits per heavy atom. The smallest absolute Gasteiger partial charge is 0.229 e. The van der Waals surface area contributed by atoms with Gasteiger partial charge in [-0.05, 0) is 59.2 Å². The molecule has 5 aromatic rings. The van der Waals surface area contributed by atoms with E-state index in [1.54, 1.807) is 4.90 Å². The van der Waals surface area contributed by atoms with Gasteiger partial charge in [-0.1, -0.05) is 97.1 Å². The van der Waals surface area contributed by atoms with E-state index in [2.05, 4.69) is 39.6 Å². The molecule has 2 aliphatic heterocycles. The van der Waals surface area contributed by atoms with Crippen LogP contribution in [0.5, 0.6) is 0 Å². The van der Waals surface area contributed by atoms with E-state index in [4.69, 9.17) is 0 Å². The van der Waals surface area contributed by atoms with E-state index < -0.39 is 0 Å². The summed E-state index contributed by atoms with van der Waals surface area (Å²) in [6, 6.07) is 35.7. The minimum absolute atomic E-state index is 0.0389. The van der Waals surface area contributed by atoms with Gasteiger partial charge >= 0.3 is 0 Å². The second-order valence-electron chi connectivity index (χ2n) is 12.7. The molecule has 4 aromatic carbocycles. The van der Waals surface area contributed by atoms with Crippen molar-refractivity contribution in [2.24, 2.45) is 5.92 Å². The van der Waals surface area contributed by atoms with E-state index in [1.165, 1.54) is 0 Å². The first-order valence-electron chi connectivity index (χ1n) is 16.7. The number of hydrogen-bond donors (Lipinski definition) is 2. The summed E-state index contributed by atoms with van der Waals surface area (Å²) in [7, 11) is 0. The van der Waals surface area contributed by atoms with Gasteiger partial charge in [-0.25, -0.2) is 4.98 Å². The second kappa shape index (κ2) is 14.1. The lowest BCUT2D eigenvalue weighted by Gasteiger charge is -2.23. The Labute approximate surface area is 280 Å². The first-order valence-corrected chi connectivity index (χ1v) is 16.7. The lowest BCUT2D eigenvalue weighted by atomic mass is 10.0. The molecule has 2 atom stereocenters. The first-order chi connectivity index (χ1) is 23.5. The molecule has 0 radical (unpaired) electrons. The van der Waals surface area contributed by atoms with Gasteiger partial charge in [0.25, 0.3) is 0 Å². The highest BCUT2D eigenvalue weighted by atomic mass is 16.2. The average molecular weight is 638 g/mol. The number of anilines is 1. The highest BCUT2D eigenvalue weighted by Crippen LogP contribution is 2.33. The van der Waals surface area contributed by atoms with Crippen LogP contribution in [0.2, 0.25) is 0 Å². The molecule has 0 aliphatic carbocycles. The van der Waals surface area contributed by atoms with Crippen LogP contribution in [-0.4, -0.2) is 57.1 Å².